The van der Waals surface area contributed by atoms with Gasteiger partial charge in [-0.2, -0.15) is 13.2 Å². The molecule has 2 N–H and O–H groups in total. The molecule has 1 aromatic carbocycles. The van der Waals surface area contributed by atoms with Crippen molar-refractivity contribution in [3.63, 3.8) is 0 Å². The number of aromatic nitrogens is 2. The molecular weight excluding hydrogens is 561 g/mol. The van der Waals surface area contributed by atoms with E-state index in [9.17, 15) is 32.3 Å². The summed E-state index contributed by atoms with van der Waals surface area (Å²) in [5.41, 5.74) is 1.56. The van der Waals surface area contributed by atoms with Crippen molar-refractivity contribution in [3.8, 4) is 11.3 Å². The predicted octanol–water partition coefficient (Wildman–Crippen LogP) is 5.97. The van der Waals surface area contributed by atoms with Crippen LogP contribution in [0, 0.1) is 25.6 Å². The van der Waals surface area contributed by atoms with Gasteiger partial charge in [0.25, 0.3) is 0 Å². The third-order valence-corrected chi connectivity index (χ3v) is 7.27. The molecule has 1 aliphatic carbocycles. The molecule has 3 atom stereocenters. The fourth-order valence-electron chi connectivity index (χ4n) is 4.96. The maximum absolute atomic E-state index is 14.4. The van der Waals surface area contributed by atoms with E-state index in [1.165, 1.54) is 6.20 Å². The maximum atomic E-state index is 14.4. The summed E-state index contributed by atoms with van der Waals surface area (Å²) in [6, 6.07) is 5.25. The molecule has 1 amide bonds. The molecule has 2 heterocycles. The number of amides is 1. The molecule has 3 aromatic rings. The number of carbonyl (C=O) groups excluding carboxylic acids is 2. The van der Waals surface area contributed by atoms with Gasteiger partial charge in [0.1, 0.15) is 11.5 Å². The molecule has 206 valence electrons. The lowest BCUT2D eigenvalue weighted by Crippen LogP contribution is -2.27. The number of aryl methyl sites for hydroxylation is 2. The summed E-state index contributed by atoms with van der Waals surface area (Å²) < 4.78 is 52.8. The second-order valence-corrected chi connectivity index (χ2v) is 10.4. The number of rotatable bonds is 6. The third-order valence-electron chi connectivity index (χ3n) is 6.74. The van der Waals surface area contributed by atoms with Gasteiger partial charge in [-0.15, -0.1) is 0 Å². The molecule has 0 saturated heterocycles. The lowest BCUT2D eigenvalue weighted by atomic mass is 9.85. The minimum Gasteiger partial charge on any atom is -0.392 e. The number of aliphatic hydroxyl groups excluding tert-OH is 1. The minimum absolute atomic E-state index is 0.0478. The van der Waals surface area contributed by atoms with E-state index >= 15 is 0 Å². The van der Waals surface area contributed by atoms with Gasteiger partial charge < -0.3 is 10.4 Å². The number of nitrogens with one attached hydrogen (secondary N) is 1. The molecule has 39 heavy (non-hydrogen) atoms. The first kappa shape index (κ1) is 28.9. The molecule has 1 saturated carbocycles. The predicted molar refractivity (Wildman–Crippen MR) is 137 cm³/mol. The highest BCUT2D eigenvalue weighted by atomic mass is 35.5. The summed E-state index contributed by atoms with van der Waals surface area (Å²) in [6.45, 7) is 3.28. The zero-order chi connectivity index (χ0) is 28.6. The Morgan fingerprint density at radius 3 is 2.36 bits per heavy atom. The number of carbonyl (C=O) groups is 2. The van der Waals surface area contributed by atoms with Crippen LogP contribution < -0.4 is 5.32 Å². The van der Waals surface area contributed by atoms with Crippen molar-refractivity contribution in [2.45, 2.75) is 51.4 Å². The molecule has 4 rings (SSSR count). The molecule has 0 bridgehead atoms. The Labute approximate surface area is 231 Å². The van der Waals surface area contributed by atoms with Gasteiger partial charge in [-0.3, -0.25) is 19.6 Å². The number of hydrogen-bond acceptors (Lipinski definition) is 5. The van der Waals surface area contributed by atoms with E-state index in [4.69, 9.17) is 23.2 Å². The van der Waals surface area contributed by atoms with Gasteiger partial charge in [0.15, 0.2) is 5.82 Å². The number of aliphatic hydroxyl groups is 1. The van der Waals surface area contributed by atoms with E-state index in [-0.39, 0.29) is 46.6 Å². The van der Waals surface area contributed by atoms with Crippen LogP contribution in [0.3, 0.4) is 0 Å². The van der Waals surface area contributed by atoms with Gasteiger partial charge in [-0.1, -0.05) is 23.2 Å². The Bertz CT molecular complexity index is 1430. The van der Waals surface area contributed by atoms with Crippen LogP contribution in [0.4, 0.5) is 17.6 Å². The molecule has 1 aliphatic rings. The van der Waals surface area contributed by atoms with Crippen molar-refractivity contribution in [1.29, 1.82) is 0 Å². The van der Waals surface area contributed by atoms with Crippen LogP contribution >= 0.6 is 23.2 Å². The summed E-state index contributed by atoms with van der Waals surface area (Å²) in [6.07, 6.45) is -3.83. The number of nitrogens with zero attached hydrogens (tertiary/aromatic N) is 2. The minimum atomic E-state index is -4.60. The zero-order valence-electron chi connectivity index (χ0n) is 20.7. The van der Waals surface area contributed by atoms with E-state index in [0.717, 1.165) is 12.1 Å². The van der Waals surface area contributed by atoms with E-state index in [0.29, 0.717) is 28.5 Å². The SMILES string of the molecule is Cc1cc(-c2ncc(Cl)cc2F)cc(C)c1C1C(=O)C(CC(=O)NCc2ncc(C(F)(F)F)cc2Cl)CC1O. The van der Waals surface area contributed by atoms with Crippen LogP contribution in [0.15, 0.2) is 36.7 Å². The van der Waals surface area contributed by atoms with Gasteiger partial charge in [0.05, 0.1) is 39.9 Å². The standard InChI is InChI=1S/C27H23Cl2F4N3O3/c1-12-3-14(25-19(30)8-17(28)10-36-25)4-13(2)23(12)24-21(37)5-15(26(24)39)6-22(38)35-11-20-18(29)7-16(9-34-20)27(31,32)33/h3-4,7-10,15,21,24,37H,5-6,11H2,1-2H3,(H,35,38). The average molecular weight is 584 g/mol. The molecule has 2 aromatic heterocycles. The van der Waals surface area contributed by atoms with Crippen molar-refractivity contribution >= 4 is 34.9 Å². The summed E-state index contributed by atoms with van der Waals surface area (Å²) >= 11 is 11.7. The van der Waals surface area contributed by atoms with Crippen molar-refractivity contribution in [2.75, 3.05) is 0 Å². The first-order valence-corrected chi connectivity index (χ1v) is 12.6. The maximum Gasteiger partial charge on any atom is 0.417 e. The highest BCUT2D eigenvalue weighted by Crippen LogP contribution is 2.41. The van der Waals surface area contributed by atoms with Crippen LogP contribution in [0.2, 0.25) is 10.0 Å². The van der Waals surface area contributed by atoms with Crippen molar-refractivity contribution in [3.05, 3.63) is 80.5 Å². The Morgan fingerprint density at radius 2 is 1.77 bits per heavy atom. The van der Waals surface area contributed by atoms with Gasteiger partial charge in [-0.25, -0.2) is 4.39 Å². The van der Waals surface area contributed by atoms with Crippen LogP contribution in [0.25, 0.3) is 11.3 Å². The highest BCUT2D eigenvalue weighted by Gasteiger charge is 2.44. The molecule has 0 radical (unpaired) electrons. The Balaban J connectivity index is 1.45. The van der Waals surface area contributed by atoms with Crippen molar-refractivity contribution in [2.24, 2.45) is 5.92 Å². The van der Waals surface area contributed by atoms with Gasteiger partial charge in [-0.05, 0) is 61.2 Å². The Kier molecular flexibility index (Phi) is 8.30. The Morgan fingerprint density at radius 1 is 1.10 bits per heavy atom. The molecule has 0 aliphatic heterocycles. The third kappa shape index (κ3) is 6.23. The molecular formula is C27H23Cl2F4N3O3. The lowest BCUT2D eigenvalue weighted by Gasteiger charge is -2.20. The molecule has 0 spiro atoms. The van der Waals surface area contributed by atoms with Crippen molar-refractivity contribution < 1.29 is 32.3 Å². The van der Waals surface area contributed by atoms with E-state index < -0.39 is 41.4 Å². The van der Waals surface area contributed by atoms with Gasteiger partial charge in [0.2, 0.25) is 5.91 Å². The fourth-order valence-corrected chi connectivity index (χ4v) is 5.34. The normalized spacial score (nSPS) is 19.4. The van der Waals surface area contributed by atoms with Crippen molar-refractivity contribution in [1.82, 2.24) is 15.3 Å². The molecule has 1 fully saturated rings. The van der Waals surface area contributed by atoms with E-state index in [1.54, 1.807) is 26.0 Å². The van der Waals surface area contributed by atoms with Gasteiger partial charge in [0, 0.05) is 30.3 Å². The van der Waals surface area contributed by atoms with Gasteiger partial charge >= 0.3 is 6.18 Å². The number of pyridine rings is 2. The first-order valence-electron chi connectivity index (χ1n) is 11.9. The second kappa shape index (κ2) is 11.2. The number of halogens is 6. The summed E-state index contributed by atoms with van der Waals surface area (Å²) in [4.78, 5) is 33.6. The average Bonchev–Trinajstić information content (AvgIpc) is 3.10. The molecule has 6 nitrogen and oxygen atoms in total. The fraction of sp³-hybridized carbons (Fsp3) is 0.333. The van der Waals surface area contributed by atoms with E-state index in [1.807, 2.05) is 0 Å². The van der Waals surface area contributed by atoms with Crippen LogP contribution in [-0.2, 0) is 22.3 Å². The first-order chi connectivity index (χ1) is 18.3. The van der Waals surface area contributed by atoms with Crippen LogP contribution in [0.1, 0.15) is 46.7 Å². The lowest BCUT2D eigenvalue weighted by molar-refractivity contribution is -0.137. The molecule has 12 heteroatoms. The second-order valence-electron chi connectivity index (χ2n) is 9.52. The van der Waals surface area contributed by atoms with E-state index in [2.05, 4.69) is 15.3 Å². The summed E-state index contributed by atoms with van der Waals surface area (Å²) in [7, 11) is 0. The smallest absolute Gasteiger partial charge is 0.392 e. The van der Waals surface area contributed by atoms with Crippen LogP contribution in [0.5, 0.6) is 0 Å². The summed E-state index contributed by atoms with van der Waals surface area (Å²) in [5, 5.41) is 13.2. The number of benzene rings is 1. The summed E-state index contributed by atoms with van der Waals surface area (Å²) in [5.74, 6) is -3.07. The zero-order valence-corrected chi connectivity index (χ0v) is 22.3. The topological polar surface area (TPSA) is 92.2 Å². The Hall–Kier alpha value is -3.08. The largest absolute Gasteiger partial charge is 0.417 e. The number of alkyl halides is 3. The quantitative estimate of drug-likeness (QED) is 0.349. The highest BCUT2D eigenvalue weighted by molar-refractivity contribution is 6.31. The monoisotopic (exact) mass is 583 g/mol. The number of ketones is 1. The number of Topliss-reactive ketones (excluding diaryl/α,β-unsaturated/α-hetero) is 1. The van der Waals surface area contributed by atoms with Crippen LogP contribution in [-0.4, -0.2) is 32.9 Å². The number of hydrogen-bond donors (Lipinski definition) is 2. The molecule has 3 unspecified atom stereocenters.